The zero-order valence-corrected chi connectivity index (χ0v) is 16.3. The molecule has 4 aromatic rings. The van der Waals surface area contributed by atoms with E-state index in [4.69, 9.17) is 16.6 Å². The molecule has 0 radical (unpaired) electrons. The Morgan fingerprint density at radius 1 is 1.26 bits per heavy atom. The number of aryl methyl sites for hydroxylation is 2. The molecule has 0 fully saturated rings. The Balaban J connectivity index is 1.81. The summed E-state index contributed by atoms with van der Waals surface area (Å²) >= 11 is 7.70. The van der Waals surface area contributed by atoms with Crippen LogP contribution in [0.5, 0.6) is 0 Å². The minimum Gasteiger partial charge on any atom is -0.278 e. The molecule has 0 spiro atoms. The van der Waals surface area contributed by atoms with Gasteiger partial charge < -0.3 is 0 Å². The van der Waals surface area contributed by atoms with Crippen LogP contribution in [0.1, 0.15) is 21.6 Å². The molecule has 1 aromatic carbocycles. The fraction of sp³-hybridized carbons (Fsp3) is 0.158. The molecule has 0 aliphatic rings. The van der Waals surface area contributed by atoms with Crippen molar-refractivity contribution in [1.82, 2.24) is 19.7 Å². The second kappa shape index (κ2) is 7.09. The molecule has 4 rings (SSSR count). The van der Waals surface area contributed by atoms with E-state index in [9.17, 15) is 4.79 Å². The number of amides is 1. The fourth-order valence-corrected chi connectivity index (χ4v) is 4.00. The molecule has 136 valence electrons. The molecule has 0 aliphatic heterocycles. The first kappa shape index (κ1) is 17.6. The van der Waals surface area contributed by atoms with Crippen LogP contribution >= 0.6 is 22.9 Å². The normalized spacial score (nSPS) is 11.1. The summed E-state index contributed by atoms with van der Waals surface area (Å²) in [5.41, 5.74) is 3.14. The minimum absolute atomic E-state index is 0.165. The zero-order valence-electron chi connectivity index (χ0n) is 14.8. The number of pyridine rings is 1. The maximum Gasteiger partial charge on any atom is 0.278 e. The van der Waals surface area contributed by atoms with Gasteiger partial charge in [-0.05, 0) is 42.3 Å². The molecule has 0 atom stereocenters. The second-order valence-electron chi connectivity index (χ2n) is 6.11. The van der Waals surface area contributed by atoms with Gasteiger partial charge in [0.2, 0.25) is 0 Å². The summed E-state index contributed by atoms with van der Waals surface area (Å²) in [4.78, 5) is 23.8. The lowest BCUT2D eigenvalue weighted by atomic mass is 10.2. The van der Waals surface area contributed by atoms with E-state index in [1.807, 2.05) is 31.2 Å². The number of hydrogen-bond acceptors (Lipinski definition) is 5. The third kappa shape index (κ3) is 3.31. The van der Waals surface area contributed by atoms with Crippen molar-refractivity contribution in [3.63, 3.8) is 0 Å². The number of fused-ring (bicyclic) bond motifs is 1. The first-order valence-electron chi connectivity index (χ1n) is 8.29. The summed E-state index contributed by atoms with van der Waals surface area (Å²) < 4.78 is 2.55. The summed E-state index contributed by atoms with van der Waals surface area (Å²) in [6.45, 7) is 2.30. The molecule has 0 saturated heterocycles. The van der Waals surface area contributed by atoms with E-state index < -0.39 is 0 Å². The summed E-state index contributed by atoms with van der Waals surface area (Å²) in [5, 5.41) is 5.39. The van der Waals surface area contributed by atoms with Gasteiger partial charge >= 0.3 is 0 Å². The lowest BCUT2D eigenvalue weighted by Gasteiger charge is -2.19. The third-order valence-corrected chi connectivity index (χ3v) is 5.77. The van der Waals surface area contributed by atoms with E-state index in [-0.39, 0.29) is 5.91 Å². The van der Waals surface area contributed by atoms with Gasteiger partial charge in [-0.3, -0.25) is 19.4 Å². The Bertz CT molecular complexity index is 1120. The average Bonchev–Trinajstić information content (AvgIpc) is 3.30. The third-order valence-electron chi connectivity index (χ3n) is 4.32. The number of halogens is 1. The second-order valence-corrected chi connectivity index (χ2v) is 7.52. The number of carbonyl (C=O) groups is 1. The van der Waals surface area contributed by atoms with Crippen molar-refractivity contribution < 1.29 is 4.79 Å². The molecule has 0 saturated carbocycles. The maximum absolute atomic E-state index is 13.2. The smallest absolute Gasteiger partial charge is 0.278 e. The van der Waals surface area contributed by atoms with Crippen molar-refractivity contribution >= 4 is 44.2 Å². The number of benzene rings is 1. The summed E-state index contributed by atoms with van der Waals surface area (Å²) in [5.74, 6) is -0.165. The highest BCUT2D eigenvalue weighted by Gasteiger charge is 2.24. The van der Waals surface area contributed by atoms with Crippen molar-refractivity contribution in [2.24, 2.45) is 7.05 Å². The van der Waals surface area contributed by atoms with Gasteiger partial charge in [0.15, 0.2) is 5.13 Å². The van der Waals surface area contributed by atoms with E-state index in [0.717, 1.165) is 21.3 Å². The predicted octanol–water partition coefficient (Wildman–Crippen LogP) is 4.23. The molecular formula is C19H16ClN5OS. The summed E-state index contributed by atoms with van der Waals surface area (Å²) in [6, 6.07) is 9.28. The van der Waals surface area contributed by atoms with Crippen LogP contribution in [0.25, 0.3) is 10.2 Å². The fourth-order valence-electron chi connectivity index (χ4n) is 2.83. The molecular weight excluding hydrogens is 382 g/mol. The van der Waals surface area contributed by atoms with Gasteiger partial charge in [0, 0.05) is 30.7 Å². The van der Waals surface area contributed by atoms with Gasteiger partial charge in [-0.1, -0.05) is 29.0 Å². The molecule has 8 heteroatoms. The standard InChI is InChI=1S/C19H16ClN5OS/c1-12-14(20)5-6-16-17(12)23-19(27-16)25(11-13-4-3-8-21-10-13)18(26)15-7-9-22-24(15)2/h3-10H,11H2,1-2H3. The Hall–Kier alpha value is -2.77. The average molecular weight is 398 g/mol. The highest BCUT2D eigenvalue weighted by atomic mass is 35.5. The number of rotatable bonds is 4. The van der Waals surface area contributed by atoms with Gasteiger partial charge in [0.1, 0.15) is 5.69 Å². The molecule has 3 heterocycles. The lowest BCUT2D eigenvalue weighted by molar-refractivity contribution is 0.0976. The first-order chi connectivity index (χ1) is 13.0. The topological polar surface area (TPSA) is 63.9 Å². The number of nitrogens with zero attached hydrogens (tertiary/aromatic N) is 5. The van der Waals surface area contributed by atoms with Crippen LogP contribution in [0.2, 0.25) is 5.02 Å². The van der Waals surface area contributed by atoms with Gasteiger partial charge in [-0.15, -0.1) is 0 Å². The zero-order chi connectivity index (χ0) is 19.0. The van der Waals surface area contributed by atoms with Crippen LogP contribution in [0, 0.1) is 6.92 Å². The number of anilines is 1. The van der Waals surface area contributed by atoms with Crippen LogP contribution in [-0.4, -0.2) is 25.7 Å². The van der Waals surface area contributed by atoms with Gasteiger partial charge in [0.25, 0.3) is 5.91 Å². The summed E-state index contributed by atoms with van der Waals surface area (Å²) in [6.07, 6.45) is 5.07. The van der Waals surface area contributed by atoms with Gasteiger partial charge in [0.05, 0.1) is 16.8 Å². The molecule has 0 unspecified atom stereocenters. The van der Waals surface area contributed by atoms with E-state index >= 15 is 0 Å². The van der Waals surface area contributed by atoms with E-state index in [2.05, 4.69) is 10.1 Å². The lowest BCUT2D eigenvalue weighted by Crippen LogP contribution is -2.31. The summed E-state index contributed by atoms with van der Waals surface area (Å²) in [7, 11) is 1.75. The molecule has 27 heavy (non-hydrogen) atoms. The van der Waals surface area contributed by atoms with Gasteiger partial charge in [-0.25, -0.2) is 4.98 Å². The monoisotopic (exact) mass is 397 g/mol. The SMILES string of the molecule is Cc1c(Cl)ccc2sc(N(Cc3cccnc3)C(=O)c3ccnn3C)nc12. The number of thiazole rings is 1. The molecule has 0 aliphatic carbocycles. The Morgan fingerprint density at radius 3 is 2.81 bits per heavy atom. The Labute approximate surface area is 165 Å². The van der Waals surface area contributed by atoms with Crippen LogP contribution in [0.3, 0.4) is 0 Å². The molecule has 3 aromatic heterocycles. The van der Waals surface area contributed by atoms with Crippen molar-refractivity contribution in [2.75, 3.05) is 4.90 Å². The van der Waals surface area contributed by atoms with Crippen molar-refractivity contribution in [3.05, 3.63) is 70.8 Å². The van der Waals surface area contributed by atoms with Crippen molar-refractivity contribution in [2.45, 2.75) is 13.5 Å². The number of aromatic nitrogens is 4. The number of carbonyl (C=O) groups excluding carboxylic acids is 1. The highest BCUT2D eigenvalue weighted by Crippen LogP contribution is 2.34. The van der Waals surface area contributed by atoms with Gasteiger partial charge in [-0.2, -0.15) is 5.10 Å². The molecule has 1 amide bonds. The van der Waals surface area contributed by atoms with Crippen molar-refractivity contribution in [3.8, 4) is 0 Å². The maximum atomic E-state index is 13.2. The molecule has 0 bridgehead atoms. The quantitative estimate of drug-likeness (QED) is 0.516. The first-order valence-corrected chi connectivity index (χ1v) is 9.48. The minimum atomic E-state index is -0.165. The van der Waals surface area contributed by atoms with E-state index in [1.54, 1.807) is 41.3 Å². The molecule has 6 nitrogen and oxygen atoms in total. The number of hydrogen-bond donors (Lipinski definition) is 0. The highest BCUT2D eigenvalue weighted by molar-refractivity contribution is 7.22. The predicted molar refractivity (Wildman–Crippen MR) is 107 cm³/mol. The van der Waals surface area contributed by atoms with Crippen LogP contribution in [0.15, 0.2) is 48.9 Å². The van der Waals surface area contributed by atoms with Crippen molar-refractivity contribution in [1.29, 1.82) is 0 Å². The van der Waals surface area contributed by atoms with E-state index in [1.165, 1.54) is 11.3 Å². The Kier molecular flexibility index (Phi) is 4.63. The van der Waals surface area contributed by atoms with Crippen LogP contribution in [-0.2, 0) is 13.6 Å². The molecule has 0 N–H and O–H groups in total. The van der Waals surface area contributed by atoms with E-state index in [0.29, 0.717) is 22.4 Å². The van der Waals surface area contributed by atoms with Crippen LogP contribution in [0.4, 0.5) is 5.13 Å². The largest absolute Gasteiger partial charge is 0.278 e. The Morgan fingerprint density at radius 2 is 2.11 bits per heavy atom. The van der Waals surface area contributed by atoms with Crippen LogP contribution < -0.4 is 4.90 Å².